The van der Waals surface area contributed by atoms with E-state index in [1.807, 2.05) is 171 Å². The number of halogens is 2. The van der Waals surface area contributed by atoms with Crippen molar-refractivity contribution in [3.63, 3.8) is 0 Å². The number of para-hydroxylation sites is 2. The van der Waals surface area contributed by atoms with Crippen molar-refractivity contribution in [3.8, 4) is 34.3 Å². The van der Waals surface area contributed by atoms with E-state index in [-0.39, 0.29) is 32.5 Å². The van der Waals surface area contributed by atoms with E-state index in [0.29, 0.717) is 32.9 Å². The first-order chi connectivity index (χ1) is 28.0. The number of rotatable bonds is 10. The molecule has 10 nitrogen and oxygen atoms in total. The molecular weight excluding hydrogens is 783 g/mol. The fraction of sp³-hybridized carbons (Fsp3) is 0.149. The first kappa shape index (κ1) is 42.0. The normalized spacial score (nSPS) is 10.7. The Balaban J connectivity index is 0.000000195. The summed E-state index contributed by atoms with van der Waals surface area (Å²) in [4.78, 5) is 33.7. The Labute approximate surface area is 353 Å². The fourth-order valence-corrected chi connectivity index (χ4v) is 6.71. The molecule has 6 aromatic carbocycles. The number of fused-ring (bicyclic) bond motifs is 2. The number of nitrogens with one attached hydrogen (secondary N) is 2. The van der Waals surface area contributed by atoms with Crippen molar-refractivity contribution in [2.75, 3.05) is 23.8 Å². The summed E-state index contributed by atoms with van der Waals surface area (Å²) in [5, 5.41) is 7.04. The van der Waals surface area contributed by atoms with E-state index in [4.69, 9.17) is 32.7 Å². The minimum absolute atomic E-state index is 0. The van der Waals surface area contributed by atoms with Gasteiger partial charge < -0.3 is 29.2 Å². The van der Waals surface area contributed by atoms with Gasteiger partial charge in [-0.1, -0.05) is 67.0 Å². The van der Waals surface area contributed by atoms with E-state index in [2.05, 4.69) is 20.6 Å². The summed E-state index contributed by atoms with van der Waals surface area (Å²) in [6, 6.07) is 41.7. The zero-order chi connectivity index (χ0) is 40.8. The summed E-state index contributed by atoms with van der Waals surface area (Å²) in [6.45, 7) is 3.80. The smallest absolute Gasteiger partial charge is 0.262 e. The van der Waals surface area contributed by atoms with Gasteiger partial charge in [0.25, 0.3) is 11.8 Å². The standard InChI is InChI=1S/2C23H20ClN3O2.CH4/c1-15-5-3-4-6-21(15)29-14-22(28)25-18-10-7-16(8-11-18)23-26-19-13-17(24)9-12-20(19)27(23)2;1-15-5-3-4-6-21(15)29-14-22(28)25-18-10-7-16(8-11-18)23-26-19-12-9-17(24)13-20(19)27(23)2;/h2*3-13H,14H2,1-2H3,(H,25,28);1H4. The van der Waals surface area contributed by atoms with Crippen LogP contribution in [0, 0.1) is 13.8 Å². The van der Waals surface area contributed by atoms with Crippen LogP contribution in [-0.2, 0) is 23.7 Å². The third-order valence-electron chi connectivity index (χ3n) is 9.44. The Morgan fingerprint density at radius 1 is 0.559 bits per heavy atom. The predicted octanol–water partition coefficient (Wildman–Crippen LogP) is 11.1. The van der Waals surface area contributed by atoms with Crippen molar-refractivity contribution in [2.24, 2.45) is 14.1 Å². The second-order valence-corrected chi connectivity index (χ2v) is 14.5. The first-order valence-corrected chi connectivity index (χ1v) is 19.2. The highest BCUT2D eigenvalue weighted by Crippen LogP contribution is 2.28. The maximum atomic E-state index is 12.2. The van der Waals surface area contributed by atoms with Crippen LogP contribution in [0.3, 0.4) is 0 Å². The van der Waals surface area contributed by atoms with Gasteiger partial charge in [0.05, 0.1) is 22.1 Å². The largest absolute Gasteiger partial charge is 0.483 e. The third kappa shape index (κ3) is 10.1. The number of ether oxygens (including phenoxy) is 2. The molecule has 0 radical (unpaired) electrons. The number of carbonyl (C=O) groups is 2. The molecule has 0 saturated carbocycles. The van der Waals surface area contributed by atoms with Crippen LogP contribution in [0.25, 0.3) is 44.8 Å². The van der Waals surface area contributed by atoms with Gasteiger partial charge in [-0.05, 0) is 122 Å². The van der Waals surface area contributed by atoms with E-state index in [0.717, 1.165) is 56.0 Å². The van der Waals surface area contributed by atoms with Crippen LogP contribution in [0.15, 0.2) is 133 Å². The van der Waals surface area contributed by atoms with Gasteiger partial charge >= 0.3 is 0 Å². The van der Waals surface area contributed by atoms with E-state index in [9.17, 15) is 9.59 Å². The molecule has 0 aliphatic carbocycles. The topological polar surface area (TPSA) is 112 Å². The monoisotopic (exact) mass is 826 g/mol. The maximum Gasteiger partial charge on any atom is 0.262 e. The molecule has 8 rings (SSSR count). The molecule has 8 aromatic rings. The van der Waals surface area contributed by atoms with E-state index in [1.165, 1.54) is 0 Å². The van der Waals surface area contributed by atoms with Crippen LogP contribution < -0.4 is 20.1 Å². The number of hydrogen-bond donors (Lipinski definition) is 2. The zero-order valence-corrected chi connectivity index (χ0v) is 33.8. The lowest BCUT2D eigenvalue weighted by Gasteiger charge is -2.10. The maximum absolute atomic E-state index is 12.2. The average molecular weight is 828 g/mol. The molecule has 0 spiro atoms. The van der Waals surface area contributed by atoms with E-state index in [1.54, 1.807) is 0 Å². The van der Waals surface area contributed by atoms with Crippen LogP contribution in [-0.4, -0.2) is 44.1 Å². The lowest BCUT2D eigenvalue weighted by molar-refractivity contribution is -0.118. The highest BCUT2D eigenvalue weighted by Gasteiger charge is 2.13. The van der Waals surface area contributed by atoms with Crippen molar-refractivity contribution in [3.05, 3.63) is 155 Å². The van der Waals surface area contributed by atoms with Gasteiger partial charge in [0.2, 0.25) is 0 Å². The molecule has 0 aliphatic heterocycles. The van der Waals surface area contributed by atoms with Crippen molar-refractivity contribution in [1.82, 2.24) is 19.1 Å². The summed E-state index contributed by atoms with van der Waals surface area (Å²) in [7, 11) is 3.93. The molecule has 59 heavy (non-hydrogen) atoms. The number of nitrogens with zero attached hydrogens (tertiary/aromatic N) is 4. The van der Waals surface area contributed by atoms with Crippen molar-refractivity contribution >= 4 is 68.5 Å². The summed E-state index contributed by atoms with van der Waals surface area (Å²) >= 11 is 12.2. The lowest BCUT2D eigenvalue weighted by atomic mass is 10.2. The van der Waals surface area contributed by atoms with E-state index < -0.39 is 0 Å². The first-order valence-electron chi connectivity index (χ1n) is 18.4. The van der Waals surface area contributed by atoms with Gasteiger partial charge in [-0.2, -0.15) is 0 Å². The summed E-state index contributed by atoms with van der Waals surface area (Å²) in [5.41, 5.74) is 9.01. The number of aryl methyl sites for hydroxylation is 4. The molecule has 0 aliphatic rings. The van der Waals surface area contributed by atoms with Gasteiger partial charge in [0, 0.05) is 46.6 Å². The van der Waals surface area contributed by atoms with Crippen molar-refractivity contribution < 1.29 is 19.1 Å². The Bertz CT molecular complexity index is 2640. The van der Waals surface area contributed by atoms with Gasteiger partial charge in [0.15, 0.2) is 13.2 Å². The molecule has 2 heterocycles. The van der Waals surface area contributed by atoms with Gasteiger partial charge in [0.1, 0.15) is 23.1 Å². The number of hydrogen-bond acceptors (Lipinski definition) is 6. The van der Waals surface area contributed by atoms with Crippen LogP contribution in [0.5, 0.6) is 11.5 Å². The third-order valence-corrected chi connectivity index (χ3v) is 9.91. The van der Waals surface area contributed by atoms with Crippen LogP contribution in [0.1, 0.15) is 18.6 Å². The number of aromatic nitrogens is 4. The SMILES string of the molecule is C.Cc1ccccc1OCC(=O)Nc1ccc(-c2nc3cc(Cl)ccc3n2C)cc1.Cc1ccccc1OCC(=O)Nc1ccc(-c2nc3ccc(Cl)cc3n2C)cc1. The molecule has 0 saturated heterocycles. The predicted molar refractivity (Wildman–Crippen MR) is 240 cm³/mol. The Hall–Kier alpha value is -6.62. The van der Waals surface area contributed by atoms with Crippen LogP contribution in [0.4, 0.5) is 11.4 Å². The highest BCUT2D eigenvalue weighted by molar-refractivity contribution is 6.31. The second kappa shape index (κ2) is 18.8. The van der Waals surface area contributed by atoms with Gasteiger partial charge in [-0.15, -0.1) is 0 Å². The summed E-state index contributed by atoms with van der Waals surface area (Å²) in [5.74, 6) is 2.67. The van der Waals surface area contributed by atoms with Crippen molar-refractivity contribution in [1.29, 1.82) is 0 Å². The van der Waals surface area contributed by atoms with Gasteiger partial charge in [-0.3, -0.25) is 9.59 Å². The number of imidazole rings is 2. The lowest BCUT2D eigenvalue weighted by Crippen LogP contribution is -2.20. The van der Waals surface area contributed by atoms with Crippen molar-refractivity contribution in [2.45, 2.75) is 21.3 Å². The molecule has 300 valence electrons. The average Bonchev–Trinajstić information content (AvgIpc) is 3.72. The molecule has 2 amide bonds. The molecule has 12 heteroatoms. The molecule has 2 N–H and O–H groups in total. The van der Waals surface area contributed by atoms with Gasteiger partial charge in [-0.25, -0.2) is 9.97 Å². The van der Waals surface area contributed by atoms with Crippen LogP contribution >= 0.6 is 23.2 Å². The second-order valence-electron chi connectivity index (χ2n) is 13.6. The highest BCUT2D eigenvalue weighted by atomic mass is 35.5. The number of benzene rings is 6. The molecule has 2 aromatic heterocycles. The number of carbonyl (C=O) groups excluding carboxylic acids is 2. The Kier molecular flexibility index (Phi) is 13.4. The zero-order valence-electron chi connectivity index (χ0n) is 32.3. The molecule has 0 bridgehead atoms. The van der Waals surface area contributed by atoms with E-state index >= 15 is 0 Å². The Morgan fingerprint density at radius 2 is 1.00 bits per heavy atom. The number of anilines is 2. The molecule has 0 unspecified atom stereocenters. The fourth-order valence-electron chi connectivity index (χ4n) is 6.38. The number of amides is 2. The van der Waals surface area contributed by atoms with Crippen LogP contribution in [0.2, 0.25) is 10.0 Å². The summed E-state index contributed by atoms with van der Waals surface area (Å²) < 4.78 is 15.2. The Morgan fingerprint density at radius 3 is 1.51 bits per heavy atom. The molecular formula is C47H44Cl2N6O4. The minimum Gasteiger partial charge on any atom is -0.483 e. The minimum atomic E-state index is -0.210. The molecule has 0 fully saturated rings. The summed E-state index contributed by atoms with van der Waals surface area (Å²) in [6.07, 6.45) is 0. The quantitative estimate of drug-likeness (QED) is 0.142. The molecule has 0 atom stereocenters.